The molecule has 0 fully saturated rings. The van der Waals surface area contributed by atoms with Crippen LogP contribution in [0.2, 0.25) is 0 Å². The highest BCUT2D eigenvalue weighted by Gasteiger charge is 2.19. The van der Waals surface area contributed by atoms with E-state index in [1.54, 1.807) is 4.57 Å². The highest BCUT2D eigenvalue weighted by Crippen LogP contribution is 2.29. The minimum Gasteiger partial charge on any atom is -0.370 e. The summed E-state index contributed by atoms with van der Waals surface area (Å²) < 4.78 is 1.64. The van der Waals surface area contributed by atoms with E-state index < -0.39 is 0 Å². The number of imidazole rings is 1. The number of aromatic nitrogens is 4. The van der Waals surface area contributed by atoms with E-state index in [1.807, 2.05) is 37.5 Å². The van der Waals surface area contributed by atoms with Crippen LogP contribution in [-0.4, -0.2) is 32.0 Å². The van der Waals surface area contributed by atoms with Crippen LogP contribution >= 0.6 is 0 Å². The number of para-hydroxylation sites is 1. The number of benzene rings is 1. The average Bonchev–Trinajstić information content (AvgIpc) is 3.26. The number of guanidine groups is 1. The Labute approximate surface area is 161 Å². The Balaban J connectivity index is 1.80. The van der Waals surface area contributed by atoms with Crippen LogP contribution in [0.25, 0.3) is 28.0 Å². The molecule has 2 aromatic rings. The van der Waals surface area contributed by atoms with Crippen molar-refractivity contribution in [1.82, 2.24) is 24.8 Å². The predicted molar refractivity (Wildman–Crippen MR) is 110 cm³/mol. The summed E-state index contributed by atoms with van der Waals surface area (Å²) in [5.74, 6) is 0.617. The van der Waals surface area contributed by atoms with Gasteiger partial charge >= 0.3 is 0 Å². The molecule has 8 heteroatoms. The molecule has 0 spiro atoms. The average molecular weight is 377 g/mol. The first kappa shape index (κ1) is 17.8. The third kappa shape index (κ3) is 3.13. The molecule has 0 aliphatic carbocycles. The predicted octanol–water partition coefficient (Wildman–Crippen LogP) is 2.12. The van der Waals surface area contributed by atoms with Crippen molar-refractivity contribution in [3.8, 4) is 17.1 Å². The van der Waals surface area contributed by atoms with E-state index in [-0.39, 0.29) is 11.5 Å². The third-order valence-electron chi connectivity index (χ3n) is 4.88. The van der Waals surface area contributed by atoms with Gasteiger partial charge in [0.15, 0.2) is 11.8 Å². The van der Waals surface area contributed by atoms with Crippen LogP contribution in [0.5, 0.6) is 0 Å². The maximum Gasteiger partial charge on any atom is 0.278 e. The molecule has 6 N–H and O–H groups in total. The zero-order valence-electron chi connectivity index (χ0n) is 15.7. The van der Waals surface area contributed by atoms with Crippen molar-refractivity contribution in [3.63, 3.8) is 0 Å². The van der Waals surface area contributed by atoms with Crippen LogP contribution in [0.3, 0.4) is 0 Å². The summed E-state index contributed by atoms with van der Waals surface area (Å²) in [6, 6.07) is 8.07. The second-order valence-electron chi connectivity index (χ2n) is 6.75. The van der Waals surface area contributed by atoms with Crippen LogP contribution in [-0.2, 0) is 12.8 Å². The number of rotatable bonds is 6. The first-order chi connectivity index (χ1) is 13.6. The standard InChI is InChI=1S/C20H23N7O/c1-2-14-19(28)27-11-17(13-10-24-15-7-4-3-6-12(13)15)25-16(18(27)26-14)8-5-9-23-20(21)22/h3-4,6-7,10-11,24-25H,2,5,8-9H2,1H3,(H4,21,22,23). The van der Waals surface area contributed by atoms with E-state index in [4.69, 9.17) is 11.1 Å². The highest BCUT2D eigenvalue weighted by molar-refractivity contribution is 5.94. The Morgan fingerprint density at radius 3 is 2.96 bits per heavy atom. The second-order valence-corrected chi connectivity index (χ2v) is 6.75. The fourth-order valence-corrected chi connectivity index (χ4v) is 3.50. The monoisotopic (exact) mass is 377 g/mol. The Hall–Kier alpha value is -3.55. The quantitative estimate of drug-likeness (QED) is 0.200. The van der Waals surface area contributed by atoms with Crippen LogP contribution < -0.4 is 16.6 Å². The Bertz CT molecular complexity index is 1170. The SMILES string of the molecule is CCc1nc2c(CCCNC(=N)N)[nH]c(-c3c[nH]c4ccccc34)cn-2c1=O. The number of fused-ring (bicyclic) bond motifs is 2. The van der Waals surface area contributed by atoms with Crippen molar-refractivity contribution < 1.29 is 0 Å². The van der Waals surface area contributed by atoms with Gasteiger partial charge in [0.05, 0.1) is 11.4 Å². The summed E-state index contributed by atoms with van der Waals surface area (Å²) in [4.78, 5) is 24.1. The molecule has 0 atom stereocenters. The molecule has 2 aliphatic heterocycles. The van der Waals surface area contributed by atoms with Gasteiger partial charge in [-0.25, -0.2) is 4.98 Å². The summed E-state index contributed by atoms with van der Waals surface area (Å²) in [7, 11) is 0. The highest BCUT2D eigenvalue weighted by atomic mass is 16.1. The van der Waals surface area contributed by atoms with Gasteiger partial charge in [-0.05, 0) is 25.3 Å². The zero-order valence-corrected chi connectivity index (χ0v) is 15.7. The summed E-state index contributed by atoms with van der Waals surface area (Å²) in [6.45, 7) is 2.52. The number of hydrogen-bond donors (Lipinski definition) is 5. The fraction of sp³-hybridized carbons (Fsp3) is 0.250. The van der Waals surface area contributed by atoms with Crippen LogP contribution in [0.4, 0.5) is 0 Å². The van der Waals surface area contributed by atoms with Gasteiger partial charge in [-0.1, -0.05) is 25.1 Å². The van der Waals surface area contributed by atoms with Gasteiger partial charge in [0.25, 0.3) is 5.56 Å². The van der Waals surface area contributed by atoms with Crippen LogP contribution in [0.1, 0.15) is 24.7 Å². The smallest absolute Gasteiger partial charge is 0.278 e. The van der Waals surface area contributed by atoms with Gasteiger partial charge in [-0.2, -0.15) is 0 Å². The number of aromatic amines is 2. The molecule has 0 amide bonds. The van der Waals surface area contributed by atoms with Crippen molar-refractivity contribution in [3.05, 3.63) is 58.4 Å². The molecule has 144 valence electrons. The molecule has 2 aliphatic rings. The lowest BCUT2D eigenvalue weighted by Gasteiger charge is -2.13. The van der Waals surface area contributed by atoms with E-state index in [1.165, 1.54) is 0 Å². The van der Waals surface area contributed by atoms with Crippen LogP contribution in [0.15, 0.2) is 41.5 Å². The fourth-order valence-electron chi connectivity index (χ4n) is 3.50. The summed E-state index contributed by atoms with van der Waals surface area (Å²) >= 11 is 0. The summed E-state index contributed by atoms with van der Waals surface area (Å²) in [5, 5.41) is 11.2. The molecular weight excluding hydrogens is 354 g/mol. The molecule has 4 rings (SSSR count). The number of nitrogens with zero attached hydrogens (tertiary/aromatic N) is 2. The minimum absolute atomic E-state index is 0.0439. The molecule has 3 heterocycles. The van der Waals surface area contributed by atoms with E-state index in [0.29, 0.717) is 30.9 Å². The molecule has 0 radical (unpaired) electrons. The van der Waals surface area contributed by atoms with Gasteiger partial charge < -0.3 is 21.0 Å². The Morgan fingerprint density at radius 1 is 1.36 bits per heavy atom. The largest absolute Gasteiger partial charge is 0.370 e. The van der Waals surface area contributed by atoms with Gasteiger partial charge in [-0.15, -0.1) is 0 Å². The number of hydrogen-bond acceptors (Lipinski definition) is 3. The topological polar surface area (TPSA) is 128 Å². The first-order valence-electron chi connectivity index (χ1n) is 9.36. The van der Waals surface area contributed by atoms with Crippen molar-refractivity contribution in [1.29, 1.82) is 5.41 Å². The van der Waals surface area contributed by atoms with Crippen molar-refractivity contribution in [2.45, 2.75) is 26.2 Å². The summed E-state index contributed by atoms with van der Waals surface area (Å²) in [6.07, 6.45) is 5.81. The molecule has 1 aromatic carbocycles. The lowest BCUT2D eigenvalue weighted by atomic mass is 10.1. The Morgan fingerprint density at radius 2 is 2.18 bits per heavy atom. The number of aryl methyl sites for hydroxylation is 2. The maximum absolute atomic E-state index is 12.7. The van der Waals surface area contributed by atoms with E-state index in [9.17, 15) is 4.79 Å². The van der Waals surface area contributed by atoms with Crippen molar-refractivity contribution >= 4 is 16.9 Å². The number of H-pyrrole nitrogens is 2. The van der Waals surface area contributed by atoms with E-state index in [2.05, 4.69) is 26.3 Å². The Kier molecular flexibility index (Phi) is 4.60. The van der Waals surface area contributed by atoms with Crippen molar-refractivity contribution in [2.24, 2.45) is 5.73 Å². The van der Waals surface area contributed by atoms with Gasteiger partial charge in [0.1, 0.15) is 5.69 Å². The molecule has 28 heavy (non-hydrogen) atoms. The van der Waals surface area contributed by atoms with Crippen LogP contribution in [0, 0.1) is 5.41 Å². The summed E-state index contributed by atoms with van der Waals surface area (Å²) in [5.41, 5.74) is 9.64. The van der Waals surface area contributed by atoms with E-state index in [0.717, 1.165) is 34.3 Å². The molecule has 8 nitrogen and oxygen atoms in total. The van der Waals surface area contributed by atoms with E-state index >= 15 is 0 Å². The normalized spacial score (nSPS) is 11.3. The molecule has 0 saturated heterocycles. The molecule has 0 saturated carbocycles. The molecular formula is C20H23N7O. The molecule has 1 aromatic heterocycles. The third-order valence-corrected chi connectivity index (χ3v) is 4.88. The van der Waals surface area contributed by atoms with Crippen molar-refractivity contribution in [2.75, 3.05) is 6.54 Å². The molecule has 0 bridgehead atoms. The van der Waals surface area contributed by atoms with Gasteiger partial charge in [0, 0.05) is 35.4 Å². The first-order valence-corrected chi connectivity index (χ1v) is 9.36. The minimum atomic E-state index is -0.0734. The maximum atomic E-state index is 12.7. The van der Waals surface area contributed by atoms with Gasteiger partial charge in [-0.3, -0.25) is 14.8 Å². The molecule has 0 unspecified atom stereocenters. The number of nitrogens with two attached hydrogens (primary N) is 1. The number of nitrogens with one attached hydrogen (secondary N) is 4. The zero-order chi connectivity index (χ0) is 19.7. The van der Waals surface area contributed by atoms with Gasteiger partial charge in [0.2, 0.25) is 0 Å². The lowest BCUT2D eigenvalue weighted by Crippen LogP contribution is -2.31. The second kappa shape index (κ2) is 7.22. The lowest BCUT2D eigenvalue weighted by molar-refractivity contribution is 0.742.